The molecule has 2 aliphatic heterocycles. The molecule has 0 aliphatic carbocycles. The second-order valence-corrected chi connectivity index (χ2v) is 36.7. The van der Waals surface area contributed by atoms with Crippen molar-refractivity contribution in [2.45, 2.75) is 96.0 Å². The van der Waals surface area contributed by atoms with Gasteiger partial charge in [-0.3, -0.25) is 13.9 Å². The van der Waals surface area contributed by atoms with Crippen LogP contribution in [-0.4, -0.2) is 181 Å². The summed E-state index contributed by atoms with van der Waals surface area (Å²) in [7, 11) is 6.57. The summed E-state index contributed by atoms with van der Waals surface area (Å²) < 4.78 is 71.8. The monoisotopic (exact) mass is 1640 g/mol. The van der Waals surface area contributed by atoms with E-state index in [0.717, 1.165) is 137 Å². The van der Waals surface area contributed by atoms with E-state index in [0.29, 0.717) is 45.2 Å². The third-order valence-corrected chi connectivity index (χ3v) is 23.2. The molecular weight excluding hydrogens is 1540 g/mol. The van der Waals surface area contributed by atoms with E-state index < -0.39 is 24.4 Å². The molecule has 6 heterocycles. The topological polar surface area (TPSA) is 289 Å². The minimum Gasteiger partial charge on any atom is -0.495 e. The second kappa shape index (κ2) is 38.9. The SMILES string of the molecule is CCCCO.CCc1cc(N)c(OC)cc1N1CCC(N(C)C)CC1.CCc1cc(Nc2ncc(Br)c(Nc3ccc(-c4cnn(C)c4)cc3P(C)(C)=O)n2)c(OC)cc1N1CCC(N(C)C)CC1.Cc1ccc(S(=O)(=O)O)cc1.Cn1cc(-c2ccc(Nc3nc(Cl)ncc3Br)c(P(C)(C)=O)c2)cn1. The molecule has 0 radical (unpaired) electrons. The van der Waals surface area contributed by atoms with Crippen LogP contribution in [0.2, 0.25) is 5.28 Å². The van der Waals surface area contributed by atoms with Crippen molar-refractivity contribution in [3.05, 3.63) is 153 Å². The molecule has 2 saturated heterocycles. The number of piperidine rings is 2. The lowest BCUT2D eigenvalue weighted by molar-refractivity contribution is 0.249. The van der Waals surface area contributed by atoms with Gasteiger partial charge in [0.15, 0.2) is 0 Å². The summed E-state index contributed by atoms with van der Waals surface area (Å²) in [5.41, 5.74) is 18.9. The number of aliphatic hydroxyl groups is 1. The first-order valence-electron chi connectivity index (χ1n) is 34.7. The van der Waals surface area contributed by atoms with E-state index in [2.05, 4.69) is 166 Å². The molecule has 0 unspecified atom stereocenters. The highest BCUT2D eigenvalue weighted by Gasteiger charge is 2.27. The van der Waals surface area contributed by atoms with Gasteiger partial charge in [0.2, 0.25) is 11.2 Å². The van der Waals surface area contributed by atoms with Crippen LogP contribution in [0.1, 0.15) is 76.0 Å². The smallest absolute Gasteiger partial charge is 0.294 e. The van der Waals surface area contributed by atoms with Gasteiger partial charge in [-0.2, -0.15) is 28.6 Å². The van der Waals surface area contributed by atoms with Crippen LogP contribution in [0.4, 0.5) is 51.7 Å². The van der Waals surface area contributed by atoms with Gasteiger partial charge >= 0.3 is 0 Å². The average Bonchev–Trinajstić information content (AvgIpc) is 1.23. The van der Waals surface area contributed by atoms with Crippen LogP contribution < -0.4 is 51.6 Å². The predicted molar refractivity (Wildman–Crippen MR) is 440 cm³/mol. The fourth-order valence-electron chi connectivity index (χ4n) is 11.9. The molecule has 0 bridgehead atoms. The zero-order chi connectivity index (χ0) is 77.1. The van der Waals surface area contributed by atoms with Gasteiger partial charge in [-0.1, -0.05) is 57.0 Å². The first-order valence-corrected chi connectivity index (χ1v) is 43.3. The van der Waals surface area contributed by atoms with Crippen molar-refractivity contribution >= 4 is 130 Å². The lowest BCUT2D eigenvalue weighted by atomic mass is 10.0. The Labute approximate surface area is 642 Å². The summed E-state index contributed by atoms with van der Waals surface area (Å²) in [5.74, 6) is 3.01. The minimum absolute atomic E-state index is 0.0666. The van der Waals surface area contributed by atoms with Crippen LogP contribution in [0.25, 0.3) is 22.3 Å². The number of aliphatic hydroxyl groups excluding tert-OH is 1. The van der Waals surface area contributed by atoms with Gasteiger partial charge in [-0.25, -0.2) is 9.97 Å². The number of benzene rings is 5. The molecule has 105 heavy (non-hydrogen) atoms. The summed E-state index contributed by atoms with van der Waals surface area (Å²) in [5, 5.41) is 28.1. The van der Waals surface area contributed by atoms with Crippen molar-refractivity contribution in [3.63, 3.8) is 0 Å². The van der Waals surface area contributed by atoms with Crippen LogP contribution in [0, 0.1) is 6.92 Å². The predicted octanol–water partition coefficient (Wildman–Crippen LogP) is 15.2. The van der Waals surface area contributed by atoms with E-state index in [1.54, 1.807) is 87.2 Å². The highest BCUT2D eigenvalue weighted by atomic mass is 79.9. The summed E-state index contributed by atoms with van der Waals surface area (Å²) in [4.78, 5) is 26.9. The molecule has 0 atom stereocenters. The number of aromatic nitrogens is 8. The van der Waals surface area contributed by atoms with Crippen molar-refractivity contribution in [1.82, 2.24) is 49.3 Å². The fourth-order valence-corrected chi connectivity index (χ4v) is 15.5. The third kappa shape index (κ3) is 24.3. The molecule has 5 aromatic carbocycles. The molecule has 2 aliphatic rings. The molecule has 2 fully saturated rings. The van der Waals surface area contributed by atoms with Crippen LogP contribution in [0.15, 0.2) is 136 Å². The van der Waals surface area contributed by atoms with E-state index >= 15 is 0 Å². The Bertz CT molecular complexity index is 4560. The van der Waals surface area contributed by atoms with Gasteiger partial charge < -0.3 is 65.0 Å². The van der Waals surface area contributed by atoms with Gasteiger partial charge in [-0.05, 0) is 221 Å². The Morgan fingerprint density at radius 1 is 0.619 bits per heavy atom. The van der Waals surface area contributed by atoms with Gasteiger partial charge in [0, 0.05) is 129 Å². The van der Waals surface area contributed by atoms with Crippen molar-refractivity contribution in [2.24, 2.45) is 14.1 Å². The largest absolute Gasteiger partial charge is 0.495 e. The Morgan fingerprint density at radius 2 is 1.07 bits per heavy atom. The van der Waals surface area contributed by atoms with Gasteiger partial charge in [0.25, 0.3) is 10.1 Å². The van der Waals surface area contributed by atoms with E-state index in [1.807, 2.05) is 69.8 Å². The number of hydrogen-bond donors (Lipinski definition) is 6. The maximum Gasteiger partial charge on any atom is 0.294 e. The minimum atomic E-state index is -4.02. The van der Waals surface area contributed by atoms with Crippen LogP contribution in [0.5, 0.6) is 11.5 Å². The number of aryl methyl sites for hydroxylation is 5. The number of hydrogen-bond acceptors (Lipinski definition) is 21. The maximum absolute atomic E-state index is 13.4. The fraction of sp³-hybridized carbons (Fsp3) is 0.413. The summed E-state index contributed by atoms with van der Waals surface area (Å²) in [6, 6.07) is 27.4. The number of rotatable bonds is 21. The molecule has 568 valence electrons. The van der Waals surface area contributed by atoms with Crippen molar-refractivity contribution < 1.29 is 36.7 Å². The van der Waals surface area contributed by atoms with Crippen LogP contribution >= 0.6 is 57.7 Å². The second-order valence-electron chi connectivity index (χ2n) is 26.9. The Kier molecular flexibility index (Phi) is 31.4. The number of nitrogens with two attached hydrogens (primary N) is 1. The number of ether oxygens (including phenoxy) is 2. The number of halogens is 3. The van der Waals surface area contributed by atoms with Crippen molar-refractivity contribution in [1.29, 1.82) is 0 Å². The molecule has 4 aromatic heterocycles. The molecule has 24 nitrogen and oxygen atoms in total. The molecule has 0 saturated carbocycles. The lowest BCUT2D eigenvalue weighted by Gasteiger charge is -2.37. The van der Waals surface area contributed by atoms with Crippen LogP contribution in [0.3, 0.4) is 0 Å². The van der Waals surface area contributed by atoms with Gasteiger partial charge in [-0.15, -0.1) is 0 Å². The number of nitrogens with zero attached hydrogens (tertiary/aromatic N) is 12. The van der Waals surface area contributed by atoms with E-state index in [4.69, 9.17) is 41.5 Å². The van der Waals surface area contributed by atoms with Crippen molar-refractivity contribution in [3.8, 4) is 33.8 Å². The van der Waals surface area contributed by atoms with Gasteiger partial charge in [0.1, 0.15) is 37.4 Å². The molecule has 7 N–H and O–H groups in total. The first-order chi connectivity index (χ1) is 49.7. The van der Waals surface area contributed by atoms with E-state index in [-0.39, 0.29) is 10.2 Å². The summed E-state index contributed by atoms with van der Waals surface area (Å²) in [6.45, 7) is 19.9. The molecule has 30 heteroatoms. The lowest BCUT2D eigenvalue weighted by Crippen LogP contribution is -2.42. The molecule has 11 rings (SSSR count). The Hall–Kier alpha value is -7.42. The standard InChI is InChI=1S/C32H42BrN8O2P.C16H16BrClN5OP.C16H27N3O.C7H8O3S.C4H10O/c1-8-21-15-27(29(43-5)17-28(21)41-13-11-24(12-14-41)39(2)3)37-32-34-19-25(33)31(38-32)36-26-10-9-22(16-30(26)44(6,7)42)23-18-35-40(4)20-23;1-23-9-11(7-20-23)10-4-5-13(14(6-10)25(2,3)24)21-15-12(17)8-19-16(18)22-15;1-5-12-10-14(17)16(20-4)11-15(12)19-8-6-13(7-9-19)18(2)3;1-6-2-4-7(5-3-6)11(8,9)10;1-2-3-4-5/h9-10,15-20,24H,8,11-14H2,1-7H3,(H2,34,36,37,38);4-9H,1-3H3,(H,19,21,22);10-11,13H,5-9,17H2,1-4H3;2-5H,1H3,(H,8,9,10);5H,2-4H2,1H3. The third-order valence-electron chi connectivity index (χ3n) is 17.9. The molecule has 0 spiro atoms. The summed E-state index contributed by atoms with van der Waals surface area (Å²) >= 11 is 12.9. The average molecular weight is 1650 g/mol. The Balaban J connectivity index is 0.000000212. The maximum atomic E-state index is 13.4. The molecule has 0 amide bonds. The number of anilines is 9. The zero-order valence-corrected chi connectivity index (χ0v) is 69.7. The Morgan fingerprint density at radius 3 is 1.46 bits per heavy atom. The number of unbranched alkanes of at least 4 members (excludes halogenated alkanes) is 1. The normalized spacial score (nSPS) is 13.5. The highest BCUT2D eigenvalue weighted by Crippen LogP contribution is 2.43. The summed E-state index contributed by atoms with van der Waals surface area (Å²) in [6.07, 6.45) is 19.3. The van der Waals surface area contributed by atoms with Crippen molar-refractivity contribution in [2.75, 3.05) is 133 Å². The molecule has 9 aromatic rings. The van der Waals surface area contributed by atoms with E-state index in [9.17, 15) is 17.5 Å². The molecular formula is C75H103Br2ClN16O8P2S. The number of nitrogens with one attached hydrogen (secondary N) is 3. The number of methoxy groups -OCH3 is 2. The highest BCUT2D eigenvalue weighted by molar-refractivity contribution is 9.11. The van der Waals surface area contributed by atoms with E-state index in [1.165, 1.54) is 47.5 Å². The first kappa shape index (κ1) is 84.8. The zero-order valence-electron chi connectivity index (χ0n) is 63.1. The number of nitrogen functional groups attached to an aromatic ring is 1. The van der Waals surface area contributed by atoms with Crippen LogP contribution in [-0.2, 0) is 46.2 Å². The quantitative estimate of drug-likeness (QED) is 0.0169. The van der Waals surface area contributed by atoms with Gasteiger partial charge in [0.05, 0.1) is 63.2 Å².